The molecule has 0 fully saturated rings. The molecule has 5 nitrogen and oxygen atoms in total. The standard InChI is InChI=1S/C20H31N5/c1-3-5-12-20-23-15-19(21)24-18-11-7-6-10-17(18)16-25(20)14-9-8-13-22-4-2/h4,6-7,10-11,22H,2-3,5,8-9,12-16H2,1H3,(H2,21,24)/b23-20-. The van der Waals surface area contributed by atoms with Gasteiger partial charge >= 0.3 is 0 Å². The molecule has 0 unspecified atom stereocenters. The highest BCUT2D eigenvalue weighted by molar-refractivity contribution is 5.90. The second kappa shape index (κ2) is 10.5. The zero-order valence-electron chi connectivity index (χ0n) is 15.4. The summed E-state index contributed by atoms with van der Waals surface area (Å²) < 4.78 is 0. The van der Waals surface area contributed by atoms with Crippen LogP contribution in [0.5, 0.6) is 0 Å². The number of amidine groups is 2. The zero-order valence-corrected chi connectivity index (χ0v) is 15.4. The molecule has 1 aliphatic rings. The van der Waals surface area contributed by atoms with Gasteiger partial charge in [-0.2, -0.15) is 0 Å². The molecular formula is C20H31N5. The Morgan fingerprint density at radius 3 is 2.92 bits per heavy atom. The van der Waals surface area contributed by atoms with Crippen LogP contribution in [0.15, 0.2) is 47.0 Å². The minimum atomic E-state index is 0.474. The molecular weight excluding hydrogens is 310 g/mol. The molecule has 1 aliphatic heterocycles. The normalized spacial score (nSPS) is 18.7. The molecule has 0 atom stereocenters. The minimum Gasteiger partial charge on any atom is -0.391 e. The van der Waals surface area contributed by atoms with Crippen molar-refractivity contribution < 1.29 is 0 Å². The van der Waals surface area contributed by atoms with Crippen LogP contribution < -0.4 is 11.1 Å². The van der Waals surface area contributed by atoms with Crippen molar-refractivity contribution >= 4 is 17.4 Å². The lowest BCUT2D eigenvalue weighted by Gasteiger charge is -2.27. The molecule has 0 bridgehead atoms. The predicted molar refractivity (Wildman–Crippen MR) is 107 cm³/mol. The number of hydrogen-bond donors (Lipinski definition) is 2. The highest BCUT2D eigenvalue weighted by atomic mass is 15.2. The second-order valence-corrected chi connectivity index (χ2v) is 6.35. The number of benzene rings is 1. The van der Waals surface area contributed by atoms with Gasteiger partial charge in [-0.3, -0.25) is 4.99 Å². The molecule has 136 valence electrons. The van der Waals surface area contributed by atoms with Gasteiger partial charge < -0.3 is 16.0 Å². The summed E-state index contributed by atoms with van der Waals surface area (Å²) in [5.41, 5.74) is 8.26. The number of nitrogens with zero attached hydrogens (tertiary/aromatic N) is 3. The van der Waals surface area contributed by atoms with Crippen molar-refractivity contribution in [2.75, 3.05) is 19.6 Å². The Balaban J connectivity index is 2.16. The van der Waals surface area contributed by atoms with Crippen molar-refractivity contribution in [3.8, 4) is 0 Å². The van der Waals surface area contributed by atoms with Crippen LogP contribution in [0.4, 0.5) is 5.69 Å². The average molecular weight is 342 g/mol. The van der Waals surface area contributed by atoms with Crippen molar-refractivity contribution in [3.05, 3.63) is 42.6 Å². The summed E-state index contributed by atoms with van der Waals surface area (Å²) in [5.74, 6) is 1.74. The molecule has 0 aromatic heterocycles. The summed E-state index contributed by atoms with van der Waals surface area (Å²) in [6, 6.07) is 8.25. The molecule has 0 spiro atoms. The molecule has 0 aliphatic carbocycles. The van der Waals surface area contributed by atoms with Crippen LogP contribution in [0.1, 0.15) is 44.6 Å². The first-order chi connectivity index (χ1) is 12.2. The fourth-order valence-corrected chi connectivity index (χ4v) is 2.92. The number of nitrogens with two attached hydrogens (primary N) is 1. The molecule has 1 heterocycles. The molecule has 2 rings (SSSR count). The predicted octanol–water partition coefficient (Wildman–Crippen LogP) is 3.59. The Morgan fingerprint density at radius 2 is 2.12 bits per heavy atom. The molecule has 0 saturated carbocycles. The third-order valence-electron chi connectivity index (χ3n) is 4.30. The molecule has 0 radical (unpaired) electrons. The number of nitrogens with one attached hydrogen (secondary N) is 1. The molecule has 3 N–H and O–H groups in total. The summed E-state index contributed by atoms with van der Waals surface area (Å²) >= 11 is 0. The van der Waals surface area contributed by atoms with Gasteiger partial charge in [-0.15, -0.1) is 0 Å². The maximum absolute atomic E-state index is 6.09. The largest absolute Gasteiger partial charge is 0.391 e. The molecule has 5 heteroatoms. The van der Waals surface area contributed by atoms with Crippen LogP contribution >= 0.6 is 0 Å². The Hall–Kier alpha value is -2.30. The van der Waals surface area contributed by atoms with E-state index in [1.807, 2.05) is 12.1 Å². The summed E-state index contributed by atoms with van der Waals surface area (Å²) in [6.07, 6.45) is 7.29. The number of para-hydroxylation sites is 1. The van der Waals surface area contributed by atoms with E-state index in [0.29, 0.717) is 12.4 Å². The smallest absolute Gasteiger partial charge is 0.121 e. The first-order valence-electron chi connectivity index (χ1n) is 9.28. The van der Waals surface area contributed by atoms with Gasteiger partial charge in [0.1, 0.15) is 5.84 Å². The van der Waals surface area contributed by atoms with Crippen LogP contribution in [0.3, 0.4) is 0 Å². The van der Waals surface area contributed by atoms with Crippen molar-refractivity contribution in [1.29, 1.82) is 0 Å². The van der Waals surface area contributed by atoms with Crippen LogP contribution in [-0.4, -0.2) is 36.2 Å². The van der Waals surface area contributed by atoms with Gasteiger partial charge in [0.2, 0.25) is 0 Å². The molecule has 1 aromatic rings. The van der Waals surface area contributed by atoms with Crippen LogP contribution in [0, 0.1) is 0 Å². The fraction of sp³-hybridized carbons (Fsp3) is 0.500. The zero-order chi connectivity index (χ0) is 17.9. The van der Waals surface area contributed by atoms with Gasteiger partial charge in [0, 0.05) is 26.1 Å². The van der Waals surface area contributed by atoms with E-state index in [-0.39, 0.29) is 0 Å². The first-order valence-corrected chi connectivity index (χ1v) is 9.28. The topological polar surface area (TPSA) is 66.0 Å². The van der Waals surface area contributed by atoms with E-state index < -0.39 is 0 Å². The van der Waals surface area contributed by atoms with Crippen molar-refractivity contribution in [1.82, 2.24) is 10.2 Å². The summed E-state index contributed by atoms with van der Waals surface area (Å²) in [4.78, 5) is 11.8. The lowest BCUT2D eigenvalue weighted by atomic mass is 10.1. The minimum absolute atomic E-state index is 0.474. The highest BCUT2D eigenvalue weighted by Crippen LogP contribution is 2.22. The maximum atomic E-state index is 6.09. The van der Waals surface area contributed by atoms with Crippen molar-refractivity contribution in [2.45, 2.75) is 45.6 Å². The number of fused-ring (bicyclic) bond motifs is 1. The second-order valence-electron chi connectivity index (χ2n) is 6.35. The van der Waals surface area contributed by atoms with E-state index >= 15 is 0 Å². The third kappa shape index (κ3) is 6.25. The third-order valence-corrected chi connectivity index (χ3v) is 4.30. The Morgan fingerprint density at radius 1 is 1.28 bits per heavy atom. The summed E-state index contributed by atoms with van der Waals surface area (Å²) in [7, 11) is 0. The Bertz CT molecular complexity index is 606. The molecule has 25 heavy (non-hydrogen) atoms. The molecule has 1 aromatic carbocycles. The lowest BCUT2D eigenvalue weighted by Crippen LogP contribution is -2.32. The van der Waals surface area contributed by atoms with Crippen LogP contribution in [-0.2, 0) is 6.54 Å². The Kier molecular flexibility index (Phi) is 8.02. The Labute approximate surface area is 151 Å². The van der Waals surface area contributed by atoms with E-state index in [9.17, 15) is 0 Å². The number of hydrogen-bond acceptors (Lipinski definition) is 5. The fourth-order valence-electron chi connectivity index (χ4n) is 2.92. The number of unbranched alkanes of at least 4 members (excludes halogenated alkanes) is 2. The SMILES string of the molecule is C=CNCCCCN1Cc2ccccc2/N=C(/N)C/N=C\1CCCC. The number of rotatable bonds is 9. The van der Waals surface area contributed by atoms with Gasteiger partial charge in [0.05, 0.1) is 18.1 Å². The number of aliphatic imine (C=N–C) groups is 2. The van der Waals surface area contributed by atoms with Crippen molar-refractivity contribution in [3.63, 3.8) is 0 Å². The highest BCUT2D eigenvalue weighted by Gasteiger charge is 2.15. The van der Waals surface area contributed by atoms with Crippen LogP contribution in [0.2, 0.25) is 0 Å². The van der Waals surface area contributed by atoms with Gasteiger partial charge in [-0.1, -0.05) is 38.1 Å². The molecule has 0 amide bonds. The first kappa shape index (κ1) is 19.0. The summed E-state index contributed by atoms with van der Waals surface area (Å²) in [5, 5.41) is 3.17. The van der Waals surface area contributed by atoms with E-state index in [1.165, 1.54) is 5.56 Å². The molecule has 0 saturated heterocycles. The summed E-state index contributed by atoms with van der Waals surface area (Å²) in [6.45, 7) is 9.18. The van der Waals surface area contributed by atoms with Crippen LogP contribution in [0.25, 0.3) is 0 Å². The lowest BCUT2D eigenvalue weighted by molar-refractivity contribution is 0.388. The van der Waals surface area contributed by atoms with Gasteiger partial charge in [-0.05, 0) is 37.1 Å². The monoisotopic (exact) mass is 341 g/mol. The maximum Gasteiger partial charge on any atom is 0.121 e. The van der Waals surface area contributed by atoms with Gasteiger partial charge in [-0.25, -0.2) is 4.99 Å². The van der Waals surface area contributed by atoms with E-state index in [2.05, 4.69) is 40.8 Å². The van der Waals surface area contributed by atoms with Gasteiger partial charge in [0.15, 0.2) is 0 Å². The average Bonchev–Trinajstić information content (AvgIpc) is 2.68. The van der Waals surface area contributed by atoms with E-state index in [4.69, 9.17) is 10.7 Å². The van der Waals surface area contributed by atoms with E-state index in [1.54, 1.807) is 6.20 Å². The van der Waals surface area contributed by atoms with Crippen molar-refractivity contribution in [2.24, 2.45) is 15.7 Å². The van der Waals surface area contributed by atoms with E-state index in [0.717, 1.165) is 63.3 Å². The van der Waals surface area contributed by atoms with Gasteiger partial charge in [0.25, 0.3) is 0 Å². The quantitative estimate of drug-likeness (QED) is 0.675.